The molecule has 0 spiro atoms. The number of aliphatic carboxylic acids is 2. The van der Waals surface area contributed by atoms with Gasteiger partial charge in [0.25, 0.3) is 0 Å². The van der Waals surface area contributed by atoms with Crippen LogP contribution in [0.3, 0.4) is 0 Å². The molecule has 0 aliphatic carbocycles. The van der Waals surface area contributed by atoms with E-state index in [1.54, 1.807) is 41.5 Å². The van der Waals surface area contributed by atoms with E-state index < -0.39 is 47.9 Å². The topological polar surface area (TPSA) is 148 Å². The van der Waals surface area contributed by atoms with E-state index in [-0.39, 0.29) is 39.6 Å². The molecule has 0 saturated carbocycles. The van der Waals surface area contributed by atoms with Crippen molar-refractivity contribution in [2.24, 2.45) is 5.41 Å². The zero-order chi connectivity index (χ0) is 26.4. The summed E-state index contributed by atoms with van der Waals surface area (Å²) in [6, 6.07) is 0. The number of ether oxygens (including phenoxy) is 8. The molecule has 202 valence electrons. The molecule has 0 saturated heterocycles. The third-order valence-corrected chi connectivity index (χ3v) is 5.09. The van der Waals surface area contributed by atoms with Crippen LogP contribution in [0.5, 0.6) is 0 Å². The summed E-state index contributed by atoms with van der Waals surface area (Å²) in [4.78, 5) is 25.7. The lowest BCUT2D eigenvalue weighted by Gasteiger charge is -2.57. The summed E-state index contributed by atoms with van der Waals surface area (Å²) in [6.07, 6.45) is -4.10. The Morgan fingerprint density at radius 3 is 1.15 bits per heavy atom. The second-order valence-corrected chi connectivity index (χ2v) is 6.89. The predicted octanol–water partition coefficient (Wildman–Crippen LogP) is 2.09. The molecule has 12 heteroatoms. The molecule has 0 fully saturated rings. The summed E-state index contributed by atoms with van der Waals surface area (Å²) < 4.78 is 46.4. The number of carboxylic acid groups (broad SMARTS) is 2. The van der Waals surface area contributed by atoms with Gasteiger partial charge < -0.3 is 48.1 Å². The molecule has 0 rings (SSSR count). The fraction of sp³-hybridized carbons (Fsp3) is 0.909. The van der Waals surface area contributed by atoms with Crippen molar-refractivity contribution in [1.29, 1.82) is 0 Å². The Kier molecular flexibility index (Phi) is 14.9. The average Bonchev–Trinajstić information content (AvgIpc) is 2.78. The quantitative estimate of drug-likeness (QED) is 0.223. The fourth-order valence-corrected chi connectivity index (χ4v) is 4.17. The maximum Gasteiger partial charge on any atom is 0.321 e. The molecule has 0 aromatic carbocycles. The molecule has 0 bridgehead atoms. The van der Waals surface area contributed by atoms with Crippen molar-refractivity contribution in [3.8, 4) is 0 Å². The van der Waals surface area contributed by atoms with Gasteiger partial charge in [-0.3, -0.25) is 9.59 Å². The SMILES string of the molecule is CCOC(OC)C(OCC)(OCC)C(CC(=O)O)(C(=O)O)C(OCC)(OCC)C(OC)OCC. The summed E-state index contributed by atoms with van der Waals surface area (Å²) >= 11 is 0. The Labute approximate surface area is 201 Å². The molecule has 0 heterocycles. The van der Waals surface area contributed by atoms with Gasteiger partial charge >= 0.3 is 11.9 Å². The lowest BCUT2D eigenvalue weighted by Crippen LogP contribution is -2.77. The minimum atomic E-state index is -2.67. The van der Waals surface area contributed by atoms with Gasteiger partial charge in [-0.2, -0.15) is 0 Å². The molecule has 0 aromatic rings. The first-order valence-electron chi connectivity index (χ1n) is 11.4. The highest BCUT2D eigenvalue weighted by atomic mass is 16.8. The van der Waals surface area contributed by atoms with Crippen molar-refractivity contribution in [3.63, 3.8) is 0 Å². The zero-order valence-corrected chi connectivity index (χ0v) is 21.6. The Bertz CT molecular complexity index is 550. The van der Waals surface area contributed by atoms with Crippen LogP contribution >= 0.6 is 0 Å². The standard InChI is InChI=1S/C22H42O12/c1-9-29-18(27-7)21(31-11-3,32-12-4)20(17(25)26,15-16(23)24)22(33-13-5,34-14-6)19(28-8)30-10-2/h18-19H,9-15H2,1-8H3,(H,23,24)(H,25,26). The molecule has 2 unspecified atom stereocenters. The van der Waals surface area contributed by atoms with Crippen molar-refractivity contribution in [2.45, 2.75) is 72.1 Å². The monoisotopic (exact) mass is 498 g/mol. The maximum absolute atomic E-state index is 13.4. The first kappa shape index (κ1) is 32.6. The molecule has 2 atom stereocenters. The van der Waals surface area contributed by atoms with E-state index in [1.165, 1.54) is 14.2 Å². The summed E-state index contributed by atoms with van der Waals surface area (Å²) in [5.41, 5.74) is -2.67. The van der Waals surface area contributed by atoms with Gasteiger partial charge in [-0.1, -0.05) is 0 Å². The Morgan fingerprint density at radius 2 is 0.971 bits per heavy atom. The van der Waals surface area contributed by atoms with Gasteiger partial charge in [0.05, 0.1) is 6.42 Å². The molecule has 12 nitrogen and oxygen atoms in total. The van der Waals surface area contributed by atoms with Crippen LogP contribution < -0.4 is 0 Å². The van der Waals surface area contributed by atoms with Gasteiger partial charge in [-0.15, -0.1) is 0 Å². The molecule has 0 aliphatic rings. The highest BCUT2D eigenvalue weighted by Gasteiger charge is 2.78. The van der Waals surface area contributed by atoms with Crippen molar-refractivity contribution >= 4 is 11.9 Å². The Hall–Kier alpha value is -1.38. The van der Waals surface area contributed by atoms with Crippen LogP contribution in [0.25, 0.3) is 0 Å². The number of hydrogen-bond donors (Lipinski definition) is 2. The van der Waals surface area contributed by atoms with E-state index in [0.29, 0.717) is 0 Å². The first-order valence-corrected chi connectivity index (χ1v) is 11.4. The third kappa shape index (κ3) is 6.24. The van der Waals surface area contributed by atoms with Gasteiger partial charge in [0.15, 0.2) is 5.41 Å². The largest absolute Gasteiger partial charge is 0.481 e. The predicted molar refractivity (Wildman–Crippen MR) is 119 cm³/mol. The smallest absolute Gasteiger partial charge is 0.321 e. The Morgan fingerprint density at radius 1 is 0.647 bits per heavy atom. The van der Waals surface area contributed by atoms with Gasteiger partial charge in [0.2, 0.25) is 24.2 Å². The van der Waals surface area contributed by atoms with E-state index in [4.69, 9.17) is 37.9 Å². The summed E-state index contributed by atoms with van der Waals surface area (Å²) in [7, 11) is 2.53. The third-order valence-electron chi connectivity index (χ3n) is 5.09. The molecule has 0 aromatic heterocycles. The minimum absolute atomic E-state index is 0.0681. The van der Waals surface area contributed by atoms with Gasteiger partial charge in [0.1, 0.15) is 0 Å². The highest BCUT2D eigenvalue weighted by molar-refractivity contribution is 5.84. The lowest BCUT2D eigenvalue weighted by atomic mass is 9.67. The molecule has 0 amide bonds. The van der Waals surface area contributed by atoms with Gasteiger partial charge in [-0.05, 0) is 41.5 Å². The van der Waals surface area contributed by atoms with Crippen LogP contribution in [0.4, 0.5) is 0 Å². The number of carbonyl (C=O) groups is 2. The summed E-state index contributed by atoms with van der Waals surface area (Å²) in [6.45, 7) is 9.46. The lowest BCUT2D eigenvalue weighted by molar-refractivity contribution is -0.463. The van der Waals surface area contributed by atoms with Crippen LogP contribution in [0.1, 0.15) is 48.0 Å². The van der Waals surface area contributed by atoms with Gasteiger partial charge in [0, 0.05) is 53.9 Å². The number of hydrogen-bond acceptors (Lipinski definition) is 10. The molecule has 2 N–H and O–H groups in total. The fourth-order valence-electron chi connectivity index (χ4n) is 4.17. The van der Waals surface area contributed by atoms with E-state index in [2.05, 4.69) is 0 Å². The van der Waals surface area contributed by atoms with Crippen molar-refractivity contribution in [2.75, 3.05) is 53.9 Å². The molecule has 0 aliphatic heterocycles. The van der Waals surface area contributed by atoms with Crippen LogP contribution in [0.15, 0.2) is 0 Å². The maximum atomic E-state index is 13.4. The van der Waals surface area contributed by atoms with E-state index in [9.17, 15) is 19.8 Å². The first-order chi connectivity index (χ1) is 16.1. The second-order valence-electron chi connectivity index (χ2n) is 6.89. The van der Waals surface area contributed by atoms with Crippen LogP contribution in [0.2, 0.25) is 0 Å². The summed E-state index contributed by atoms with van der Waals surface area (Å²) in [5, 5.41) is 20.9. The zero-order valence-electron chi connectivity index (χ0n) is 21.6. The van der Waals surface area contributed by atoms with Crippen molar-refractivity contribution in [1.82, 2.24) is 0 Å². The van der Waals surface area contributed by atoms with E-state index in [0.717, 1.165) is 0 Å². The number of carboxylic acids is 2. The average molecular weight is 499 g/mol. The van der Waals surface area contributed by atoms with E-state index in [1.807, 2.05) is 0 Å². The van der Waals surface area contributed by atoms with Crippen molar-refractivity contribution in [3.05, 3.63) is 0 Å². The summed E-state index contributed by atoms with van der Waals surface area (Å²) in [5.74, 6) is -7.93. The highest BCUT2D eigenvalue weighted by Crippen LogP contribution is 2.55. The van der Waals surface area contributed by atoms with Crippen LogP contribution in [-0.2, 0) is 47.5 Å². The Balaban J connectivity index is 7.99. The molecular weight excluding hydrogens is 456 g/mol. The molecule has 0 radical (unpaired) electrons. The number of methoxy groups -OCH3 is 2. The van der Waals surface area contributed by atoms with Crippen LogP contribution in [-0.4, -0.2) is 100 Å². The molecular formula is C22H42O12. The molecule has 34 heavy (non-hydrogen) atoms. The van der Waals surface area contributed by atoms with Crippen molar-refractivity contribution < 1.29 is 57.7 Å². The normalized spacial score (nSPS) is 16.1. The van der Waals surface area contributed by atoms with Crippen LogP contribution in [0, 0.1) is 5.41 Å². The van der Waals surface area contributed by atoms with E-state index >= 15 is 0 Å². The van der Waals surface area contributed by atoms with Gasteiger partial charge in [-0.25, -0.2) is 0 Å². The second kappa shape index (κ2) is 15.6. The minimum Gasteiger partial charge on any atom is -0.481 e. The number of rotatable bonds is 21.